The monoisotopic (exact) mass is 582 g/mol. The Morgan fingerprint density at radius 1 is 1.10 bits per heavy atom. The van der Waals surface area contributed by atoms with Gasteiger partial charge in [-0.15, -0.1) is 0 Å². The summed E-state index contributed by atoms with van der Waals surface area (Å²) in [5.74, 6) is -0.185. The molecule has 3 aromatic carbocycles. The Hall–Kier alpha value is -4.17. The lowest BCUT2D eigenvalue weighted by Gasteiger charge is -2.23. The number of hydrogen-bond acceptors (Lipinski definition) is 7. The van der Waals surface area contributed by atoms with Crippen molar-refractivity contribution in [1.29, 1.82) is 0 Å². The summed E-state index contributed by atoms with van der Waals surface area (Å²) >= 11 is 1.37. The normalized spacial score (nSPS) is 19.4. The molecule has 2 atom stereocenters. The van der Waals surface area contributed by atoms with Crippen LogP contribution in [0.2, 0.25) is 0 Å². The van der Waals surface area contributed by atoms with Crippen LogP contribution in [0.25, 0.3) is 16.0 Å². The lowest BCUT2D eigenvalue weighted by Crippen LogP contribution is -2.29. The highest BCUT2D eigenvalue weighted by Gasteiger charge is 2.48. The number of aryl methyl sites for hydroxylation is 2. The number of anilines is 1. The second-order valence-corrected chi connectivity index (χ2v) is 12.2. The van der Waals surface area contributed by atoms with E-state index in [4.69, 9.17) is 14.5 Å². The van der Waals surface area contributed by atoms with Crippen molar-refractivity contribution in [3.8, 4) is 11.5 Å². The largest absolute Gasteiger partial charge is 0.507 e. The maximum Gasteiger partial charge on any atom is 0.301 e. The molecular formula is C34H34N2O5S. The summed E-state index contributed by atoms with van der Waals surface area (Å²) in [4.78, 5) is 33.7. The van der Waals surface area contributed by atoms with Crippen LogP contribution in [0, 0.1) is 13.8 Å². The number of amides is 1. The Labute approximate surface area is 249 Å². The van der Waals surface area contributed by atoms with Crippen LogP contribution in [0.3, 0.4) is 0 Å². The standard InChI is InChI=1S/C34H34N2O5S/c1-5-6-7-14-40-25-11-8-22(9-12-25)30-28(31(37)23-10-13-26-24(18-23)17-21(4)41-26)32(38)33(39)36(30)34-35-29-20(3)15-19(2)16-27(29)42-34/h8-13,15-16,18,21,30,37H,5-7,14,17H2,1-4H3/t21-,30-/m1/s1. The van der Waals surface area contributed by atoms with Crippen LogP contribution >= 0.6 is 11.3 Å². The Kier molecular flexibility index (Phi) is 7.49. The smallest absolute Gasteiger partial charge is 0.301 e. The third-order valence-electron chi connectivity index (χ3n) is 7.85. The zero-order chi connectivity index (χ0) is 29.5. The first-order chi connectivity index (χ1) is 20.2. The van der Waals surface area contributed by atoms with Crippen molar-refractivity contribution in [2.45, 2.75) is 65.5 Å². The van der Waals surface area contributed by atoms with Gasteiger partial charge in [-0.25, -0.2) is 4.98 Å². The van der Waals surface area contributed by atoms with E-state index in [9.17, 15) is 14.7 Å². The second-order valence-electron chi connectivity index (χ2n) is 11.2. The summed E-state index contributed by atoms with van der Waals surface area (Å²) in [7, 11) is 0. The maximum absolute atomic E-state index is 13.7. The van der Waals surface area contributed by atoms with Gasteiger partial charge < -0.3 is 14.6 Å². The van der Waals surface area contributed by atoms with Crippen molar-refractivity contribution in [2.75, 3.05) is 11.5 Å². The highest BCUT2D eigenvalue weighted by Crippen LogP contribution is 2.45. The highest BCUT2D eigenvalue weighted by atomic mass is 32.1. The summed E-state index contributed by atoms with van der Waals surface area (Å²) in [6, 6.07) is 16.0. The number of benzene rings is 3. The molecule has 1 saturated heterocycles. The van der Waals surface area contributed by atoms with Crippen molar-refractivity contribution >= 4 is 44.1 Å². The first-order valence-corrected chi connectivity index (χ1v) is 15.3. The van der Waals surface area contributed by atoms with Gasteiger partial charge in [-0.05, 0) is 85.8 Å². The Balaban J connectivity index is 1.45. The second kappa shape index (κ2) is 11.2. The maximum atomic E-state index is 13.7. The molecule has 7 nitrogen and oxygen atoms in total. The zero-order valence-electron chi connectivity index (χ0n) is 24.3. The molecule has 3 heterocycles. The van der Waals surface area contributed by atoms with Gasteiger partial charge in [-0.1, -0.05) is 49.3 Å². The van der Waals surface area contributed by atoms with Crippen molar-refractivity contribution in [2.24, 2.45) is 0 Å². The average molecular weight is 583 g/mol. The number of Topliss-reactive ketones (excluding diaryl/α,β-unsaturated/α-hetero) is 1. The number of aliphatic hydroxyl groups excluding tert-OH is 1. The Morgan fingerprint density at radius 3 is 2.64 bits per heavy atom. The topological polar surface area (TPSA) is 89.0 Å². The molecule has 8 heteroatoms. The quantitative estimate of drug-likeness (QED) is 0.101. The number of unbranched alkanes of at least 4 members (excludes halogenated alkanes) is 2. The molecule has 0 aliphatic carbocycles. The molecule has 42 heavy (non-hydrogen) atoms. The van der Waals surface area contributed by atoms with Gasteiger partial charge in [0.1, 0.15) is 23.4 Å². The van der Waals surface area contributed by atoms with Crippen LogP contribution in [-0.2, 0) is 16.0 Å². The van der Waals surface area contributed by atoms with Crippen molar-refractivity contribution in [3.63, 3.8) is 0 Å². The lowest BCUT2D eigenvalue weighted by molar-refractivity contribution is -0.132. The Morgan fingerprint density at radius 2 is 1.88 bits per heavy atom. The number of nitrogens with zero attached hydrogens (tertiary/aromatic N) is 2. The number of aromatic nitrogens is 1. The number of thiazole rings is 1. The number of hydrogen-bond donors (Lipinski definition) is 1. The van der Waals surface area contributed by atoms with Gasteiger partial charge in [-0.2, -0.15) is 0 Å². The number of ether oxygens (including phenoxy) is 2. The third-order valence-corrected chi connectivity index (χ3v) is 8.85. The highest BCUT2D eigenvalue weighted by molar-refractivity contribution is 7.22. The molecule has 0 unspecified atom stereocenters. The fourth-order valence-electron chi connectivity index (χ4n) is 5.82. The molecule has 6 rings (SSSR count). The minimum atomic E-state index is -0.857. The molecule has 1 N–H and O–H groups in total. The van der Waals surface area contributed by atoms with E-state index in [0.29, 0.717) is 35.0 Å². The van der Waals surface area contributed by atoms with Gasteiger partial charge >= 0.3 is 5.91 Å². The van der Waals surface area contributed by atoms with Crippen molar-refractivity contribution in [3.05, 3.63) is 88.0 Å². The lowest BCUT2D eigenvalue weighted by atomic mass is 9.94. The van der Waals surface area contributed by atoms with Crippen molar-refractivity contribution < 1.29 is 24.2 Å². The number of carbonyl (C=O) groups is 2. The molecule has 0 bridgehead atoms. The van der Waals surface area contributed by atoms with Crippen LogP contribution in [0.15, 0.2) is 60.2 Å². The predicted octanol–water partition coefficient (Wildman–Crippen LogP) is 7.43. The molecule has 1 amide bonds. The van der Waals surface area contributed by atoms with Crippen LogP contribution in [-0.4, -0.2) is 34.5 Å². The summed E-state index contributed by atoms with van der Waals surface area (Å²) in [6.07, 6.45) is 3.93. The summed E-state index contributed by atoms with van der Waals surface area (Å²) < 4.78 is 12.7. The number of aliphatic hydroxyl groups is 1. The average Bonchev–Trinajstić information content (AvgIpc) is 3.63. The fraction of sp³-hybridized carbons (Fsp3) is 0.324. The van der Waals surface area contributed by atoms with E-state index in [-0.39, 0.29) is 17.4 Å². The third kappa shape index (κ3) is 5.04. The SMILES string of the molecule is CCCCCOc1ccc([C@@H]2C(=C(O)c3ccc4c(c3)C[C@@H](C)O4)C(=O)C(=O)N2c2nc3c(C)cc(C)cc3s2)cc1. The Bertz CT molecular complexity index is 1720. The van der Waals surface area contributed by atoms with Crippen molar-refractivity contribution in [1.82, 2.24) is 4.98 Å². The van der Waals surface area contributed by atoms with Gasteiger partial charge in [0.05, 0.1) is 28.4 Å². The fourth-order valence-corrected chi connectivity index (χ4v) is 6.99. The van der Waals surface area contributed by atoms with E-state index in [1.165, 1.54) is 16.2 Å². The molecule has 1 aromatic heterocycles. The van der Waals surface area contributed by atoms with Gasteiger partial charge in [0.2, 0.25) is 0 Å². The minimum Gasteiger partial charge on any atom is -0.507 e. The zero-order valence-corrected chi connectivity index (χ0v) is 25.1. The number of rotatable bonds is 8. The van der Waals surface area contributed by atoms with Crippen LogP contribution in [0.4, 0.5) is 5.13 Å². The van der Waals surface area contributed by atoms with E-state index < -0.39 is 17.7 Å². The number of carbonyl (C=O) groups excluding carboxylic acids is 2. The molecule has 2 aliphatic rings. The minimum absolute atomic E-state index is 0.0377. The molecule has 0 radical (unpaired) electrons. The van der Waals surface area contributed by atoms with E-state index in [0.717, 1.165) is 51.9 Å². The molecular weight excluding hydrogens is 548 g/mol. The first-order valence-electron chi connectivity index (χ1n) is 14.5. The summed E-state index contributed by atoms with van der Waals surface area (Å²) in [5, 5.41) is 12.1. The molecule has 2 aliphatic heterocycles. The predicted molar refractivity (Wildman–Crippen MR) is 166 cm³/mol. The van der Waals surface area contributed by atoms with E-state index in [1.807, 2.05) is 63.2 Å². The molecule has 4 aromatic rings. The molecule has 0 spiro atoms. The van der Waals surface area contributed by atoms with Crippen LogP contribution < -0.4 is 14.4 Å². The van der Waals surface area contributed by atoms with Crippen LogP contribution in [0.1, 0.15) is 67.0 Å². The van der Waals surface area contributed by atoms with E-state index in [1.54, 1.807) is 6.07 Å². The van der Waals surface area contributed by atoms with Gasteiger partial charge in [0.25, 0.3) is 5.78 Å². The van der Waals surface area contributed by atoms with E-state index in [2.05, 4.69) is 13.0 Å². The number of ketones is 1. The molecule has 1 fully saturated rings. The number of fused-ring (bicyclic) bond motifs is 2. The van der Waals surface area contributed by atoms with E-state index >= 15 is 0 Å². The van der Waals surface area contributed by atoms with Crippen LogP contribution in [0.5, 0.6) is 11.5 Å². The van der Waals surface area contributed by atoms with Gasteiger partial charge in [0, 0.05) is 12.0 Å². The van der Waals surface area contributed by atoms with Gasteiger partial charge in [-0.3, -0.25) is 14.5 Å². The van der Waals surface area contributed by atoms with Gasteiger partial charge in [0.15, 0.2) is 5.13 Å². The molecule has 216 valence electrons. The summed E-state index contributed by atoms with van der Waals surface area (Å²) in [6.45, 7) is 8.77. The molecule has 0 saturated carbocycles. The first kappa shape index (κ1) is 28.0. The summed E-state index contributed by atoms with van der Waals surface area (Å²) in [5.41, 5.74) is 5.04.